The van der Waals surface area contributed by atoms with E-state index in [1.807, 2.05) is 12.1 Å². The number of rotatable bonds is 5. The molecule has 0 aliphatic heterocycles. The van der Waals surface area contributed by atoms with Gasteiger partial charge in [-0.25, -0.2) is 0 Å². The van der Waals surface area contributed by atoms with Crippen LogP contribution in [0.3, 0.4) is 0 Å². The van der Waals surface area contributed by atoms with Gasteiger partial charge in [0.15, 0.2) is 11.5 Å². The topological polar surface area (TPSA) is 49.7 Å². The Bertz CT molecular complexity index is 334. The third-order valence-electron chi connectivity index (χ3n) is 2.79. The zero-order valence-corrected chi connectivity index (χ0v) is 10.1. The van der Waals surface area contributed by atoms with Crippen LogP contribution in [0, 0.1) is 0 Å². The van der Waals surface area contributed by atoms with Crippen molar-refractivity contribution < 1.29 is 14.9 Å². The average molecular weight is 224 g/mol. The maximum absolute atomic E-state index is 9.50. The van der Waals surface area contributed by atoms with Gasteiger partial charge in [-0.3, -0.25) is 0 Å². The predicted molar refractivity (Wildman–Crippen MR) is 64.0 cm³/mol. The summed E-state index contributed by atoms with van der Waals surface area (Å²) < 4.78 is 5.07. The van der Waals surface area contributed by atoms with Gasteiger partial charge in [0, 0.05) is 0 Å². The summed E-state index contributed by atoms with van der Waals surface area (Å²) in [6.45, 7) is 3.88. The quantitative estimate of drug-likeness (QED) is 0.808. The number of hydrogen-bond donors (Lipinski definition) is 2. The normalized spacial score (nSPS) is 14.5. The van der Waals surface area contributed by atoms with Crippen molar-refractivity contribution in [3.63, 3.8) is 0 Å². The van der Waals surface area contributed by atoms with E-state index in [-0.39, 0.29) is 11.9 Å². The van der Waals surface area contributed by atoms with Gasteiger partial charge in [0.05, 0.1) is 13.2 Å². The molecule has 1 rings (SSSR count). The Morgan fingerprint density at radius 3 is 2.56 bits per heavy atom. The zero-order valence-electron chi connectivity index (χ0n) is 10.1. The van der Waals surface area contributed by atoms with E-state index in [9.17, 15) is 10.2 Å². The Hall–Kier alpha value is -1.22. The lowest BCUT2D eigenvalue weighted by atomic mass is 9.91. The molecule has 0 saturated carbocycles. The van der Waals surface area contributed by atoms with Crippen molar-refractivity contribution in [3.8, 4) is 11.5 Å². The van der Waals surface area contributed by atoms with Crippen molar-refractivity contribution in [2.75, 3.05) is 7.11 Å². The van der Waals surface area contributed by atoms with E-state index >= 15 is 0 Å². The number of ether oxygens (including phenoxy) is 1. The Morgan fingerprint density at radius 1 is 1.38 bits per heavy atom. The molecular formula is C13H20O3. The van der Waals surface area contributed by atoms with Crippen LogP contribution in [-0.4, -0.2) is 23.4 Å². The molecule has 2 N–H and O–H groups in total. The Balaban J connectivity index is 2.92. The highest BCUT2D eigenvalue weighted by Crippen LogP contribution is 2.32. The minimum Gasteiger partial charge on any atom is -0.504 e. The smallest absolute Gasteiger partial charge is 0.160 e. The molecule has 0 aliphatic carbocycles. The van der Waals surface area contributed by atoms with Crippen LogP contribution >= 0.6 is 0 Å². The van der Waals surface area contributed by atoms with E-state index in [2.05, 4.69) is 6.92 Å². The van der Waals surface area contributed by atoms with Crippen molar-refractivity contribution in [2.24, 2.45) is 0 Å². The van der Waals surface area contributed by atoms with E-state index in [0.29, 0.717) is 11.7 Å². The molecule has 3 nitrogen and oxygen atoms in total. The molecule has 3 heteroatoms. The molecule has 0 bridgehead atoms. The molecule has 2 atom stereocenters. The molecule has 90 valence electrons. The van der Waals surface area contributed by atoms with Crippen LogP contribution in [0.5, 0.6) is 11.5 Å². The fourth-order valence-electron chi connectivity index (χ4n) is 1.90. The molecule has 0 amide bonds. The fourth-order valence-corrected chi connectivity index (χ4v) is 1.90. The molecule has 0 aromatic heterocycles. The van der Waals surface area contributed by atoms with Gasteiger partial charge >= 0.3 is 0 Å². The second-order valence-electron chi connectivity index (χ2n) is 4.12. The first-order valence-electron chi connectivity index (χ1n) is 5.63. The molecule has 0 radical (unpaired) electrons. The van der Waals surface area contributed by atoms with Crippen molar-refractivity contribution in [2.45, 2.75) is 38.7 Å². The van der Waals surface area contributed by atoms with E-state index in [0.717, 1.165) is 18.4 Å². The summed E-state index contributed by atoms with van der Waals surface area (Å²) in [4.78, 5) is 0. The average Bonchev–Trinajstić information content (AvgIpc) is 2.26. The Morgan fingerprint density at radius 2 is 2.06 bits per heavy atom. The van der Waals surface area contributed by atoms with E-state index in [4.69, 9.17) is 4.74 Å². The molecule has 2 unspecified atom stereocenters. The van der Waals surface area contributed by atoms with Crippen molar-refractivity contribution in [1.29, 1.82) is 0 Å². The summed E-state index contributed by atoms with van der Waals surface area (Å²) in [6, 6.07) is 5.36. The third kappa shape index (κ3) is 3.14. The van der Waals surface area contributed by atoms with Gasteiger partial charge in [0.1, 0.15) is 0 Å². The maximum atomic E-state index is 9.50. The molecular weight excluding hydrogens is 204 g/mol. The molecule has 0 aliphatic rings. The molecule has 1 aromatic rings. The number of aromatic hydroxyl groups is 1. The highest BCUT2D eigenvalue weighted by atomic mass is 16.5. The van der Waals surface area contributed by atoms with Crippen LogP contribution in [0.1, 0.15) is 38.2 Å². The molecule has 1 aromatic carbocycles. The highest BCUT2D eigenvalue weighted by Gasteiger charge is 2.14. The number of methoxy groups -OCH3 is 1. The van der Waals surface area contributed by atoms with Crippen LogP contribution < -0.4 is 4.74 Å². The van der Waals surface area contributed by atoms with Gasteiger partial charge in [-0.2, -0.15) is 0 Å². The largest absolute Gasteiger partial charge is 0.504 e. The van der Waals surface area contributed by atoms with Crippen LogP contribution in [0.2, 0.25) is 0 Å². The van der Waals surface area contributed by atoms with E-state index in [1.54, 1.807) is 13.0 Å². The Labute approximate surface area is 96.7 Å². The molecule has 0 heterocycles. The van der Waals surface area contributed by atoms with E-state index in [1.165, 1.54) is 7.11 Å². The molecule has 0 spiro atoms. The minimum atomic E-state index is -0.315. The van der Waals surface area contributed by atoms with Gasteiger partial charge in [0.2, 0.25) is 0 Å². The van der Waals surface area contributed by atoms with Crippen molar-refractivity contribution in [3.05, 3.63) is 23.8 Å². The van der Waals surface area contributed by atoms with Gasteiger partial charge in [-0.15, -0.1) is 0 Å². The first-order chi connectivity index (χ1) is 7.58. The Kier molecular flexibility index (Phi) is 4.62. The first kappa shape index (κ1) is 12.8. The van der Waals surface area contributed by atoms with Crippen molar-refractivity contribution >= 4 is 0 Å². The number of hydrogen-bond acceptors (Lipinski definition) is 3. The lowest BCUT2D eigenvalue weighted by Crippen LogP contribution is -2.08. The van der Waals surface area contributed by atoms with Gasteiger partial charge < -0.3 is 14.9 Å². The lowest BCUT2D eigenvalue weighted by molar-refractivity contribution is 0.173. The number of aliphatic hydroxyl groups excluding tert-OH is 1. The molecule has 0 fully saturated rings. The number of phenols is 1. The summed E-state index contributed by atoms with van der Waals surface area (Å²) in [5.74, 6) is 0.939. The molecule has 16 heavy (non-hydrogen) atoms. The minimum absolute atomic E-state index is 0.151. The van der Waals surface area contributed by atoms with Gasteiger partial charge in [0.25, 0.3) is 0 Å². The zero-order chi connectivity index (χ0) is 12.1. The number of aliphatic hydroxyl groups is 1. The first-order valence-corrected chi connectivity index (χ1v) is 5.63. The van der Waals surface area contributed by atoms with Crippen LogP contribution in [0.15, 0.2) is 18.2 Å². The third-order valence-corrected chi connectivity index (χ3v) is 2.79. The van der Waals surface area contributed by atoms with Crippen molar-refractivity contribution in [1.82, 2.24) is 0 Å². The summed E-state index contributed by atoms with van der Waals surface area (Å²) in [5.41, 5.74) is 1.10. The second kappa shape index (κ2) is 5.75. The lowest BCUT2D eigenvalue weighted by Gasteiger charge is -2.18. The summed E-state index contributed by atoms with van der Waals surface area (Å²) in [5, 5.41) is 18.9. The fraction of sp³-hybridized carbons (Fsp3) is 0.538. The van der Waals surface area contributed by atoms with Crippen LogP contribution in [0.25, 0.3) is 0 Å². The second-order valence-corrected chi connectivity index (χ2v) is 4.12. The monoisotopic (exact) mass is 224 g/mol. The number of phenolic OH excluding ortho intramolecular Hbond substituents is 1. The highest BCUT2D eigenvalue weighted by molar-refractivity contribution is 5.42. The summed E-state index contributed by atoms with van der Waals surface area (Å²) in [7, 11) is 1.54. The summed E-state index contributed by atoms with van der Waals surface area (Å²) >= 11 is 0. The maximum Gasteiger partial charge on any atom is 0.160 e. The van der Waals surface area contributed by atoms with Crippen LogP contribution in [0.4, 0.5) is 0 Å². The van der Waals surface area contributed by atoms with Crippen LogP contribution in [-0.2, 0) is 0 Å². The summed E-state index contributed by atoms with van der Waals surface area (Å²) in [6.07, 6.45) is 1.37. The predicted octanol–water partition coefficient (Wildman–Crippen LogP) is 2.67. The standard InChI is InChI=1S/C13H20O3/c1-4-10(7-9(2)14)11-5-6-12(15)13(8-11)16-3/h5-6,8-10,14-15H,4,7H2,1-3H3. The number of benzene rings is 1. The van der Waals surface area contributed by atoms with Gasteiger partial charge in [-0.1, -0.05) is 13.0 Å². The SMILES string of the molecule is CCC(CC(C)O)c1ccc(O)c(OC)c1. The molecule has 0 saturated heterocycles. The van der Waals surface area contributed by atoms with E-state index < -0.39 is 0 Å². The van der Waals surface area contributed by atoms with Gasteiger partial charge in [-0.05, 0) is 43.4 Å².